The van der Waals surface area contributed by atoms with E-state index in [0.717, 1.165) is 11.4 Å². The van der Waals surface area contributed by atoms with Crippen molar-refractivity contribution in [2.24, 2.45) is 0 Å². The molecule has 2 aromatic heterocycles. The van der Waals surface area contributed by atoms with Crippen LogP contribution in [0.1, 0.15) is 20.9 Å². The molecule has 7 heteroatoms. The molecule has 1 saturated heterocycles. The lowest BCUT2D eigenvalue weighted by atomic mass is 10.2. The largest absolute Gasteiger partial charge is 0.369 e. The number of aromatic nitrogens is 1. The monoisotopic (exact) mass is 337 g/mol. The maximum absolute atomic E-state index is 12.3. The first-order valence-corrected chi connectivity index (χ1v) is 9.01. The Balaban J connectivity index is 1.47. The molecule has 0 aliphatic carbocycles. The third kappa shape index (κ3) is 3.85. The molecular formula is C15H19N3O2S2. The molecule has 0 bridgehead atoms. The van der Waals surface area contributed by atoms with Gasteiger partial charge in [-0.15, -0.1) is 22.7 Å². The Kier molecular flexibility index (Phi) is 5.07. The maximum atomic E-state index is 12.3. The maximum Gasteiger partial charge on any atom is 0.317 e. The van der Waals surface area contributed by atoms with E-state index in [1.54, 1.807) is 22.7 Å². The minimum Gasteiger partial charge on any atom is -0.369 e. The van der Waals surface area contributed by atoms with Gasteiger partial charge in [0.2, 0.25) is 0 Å². The molecule has 1 atom stereocenters. The smallest absolute Gasteiger partial charge is 0.317 e. The zero-order valence-corrected chi connectivity index (χ0v) is 14.1. The average molecular weight is 337 g/mol. The number of nitrogens with zero attached hydrogens (tertiary/aromatic N) is 2. The Morgan fingerprint density at radius 3 is 3.23 bits per heavy atom. The Bertz CT molecular complexity index is 612. The highest BCUT2D eigenvalue weighted by Crippen LogP contribution is 2.25. The lowest BCUT2D eigenvalue weighted by Gasteiger charge is -2.32. The van der Waals surface area contributed by atoms with Gasteiger partial charge in [0, 0.05) is 35.5 Å². The van der Waals surface area contributed by atoms with Crippen molar-refractivity contribution in [3.05, 3.63) is 38.5 Å². The summed E-state index contributed by atoms with van der Waals surface area (Å²) in [6.07, 6.45) is 2.65. The molecule has 3 heterocycles. The number of hydrogen-bond donors (Lipinski definition) is 1. The molecular weight excluding hydrogens is 318 g/mol. The number of carbonyl (C=O) groups excluding carboxylic acids is 1. The van der Waals surface area contributed by atoms with Gasteiger partial charge in [-0.1, -0.05) is 6.07 Å². The Morgan fingerprint density at radius 1 is 1.59 bits per heavy atom. The van der Waals surface area contributed by atoms with Crippen molar-refractivity contribution in [1.29, 1.82) is 0 Å². The van der Waals surface area contributed by atoms with E-state index < -0.39 is 0 Å². The van der Waals surface area contributed by atoms with E-state index >= 15 is 0 Å². The third-order valence-corrected chi connectivity index (χ3v) is 5.44. The summed E-state index contributed by atoms with van der Waals surface area (Å²) in [4.78, 5) is 20.8. The van der Waals surface area contributed by atoms with E-state index in [1.165, 1.54) is 9.75 Å². The van der Waals surface area contributed by atoms with Crippen LogP contribution in [0, 0.1) is 6.92 Å². The lowest BCUT2D eigenvalue weighted by molar-refractivity contribution is -0.0135. The lowest BCUT2D eigenvalue weighted by Crippen LogP contribution is -2.47. The molecule has 1 aliphatic heterocycles. The number of urea groups is 1. The highest BCUT2D eigenvalue weighted by Gasteiger charge is 2.25. The minimum atomic E-state index is -0.0156. The second kappa shape index (κ2) is 7.21. The topological polar surface area (TPSA) is 54.5 Å². The summed E-state index contributed by atoms with van der Waals surface area (Å²) < 4.78 is 5.76. The van der Waals surface area contributed by atoms with Gasteiger partial charge in [0.25, 0.3) is 0 Å². The van der Waals surface area contributed by atoms with Crippen molar-refractivity contribution in [1.82, 2.24) is 15.2 Å². The normalized spacial score (nSPS) is 18.4. The molecule has 22 heavy (non-hydrogen) atoms. The number of rotatable bonds is 4. The molecule has 3 rings (SSSR count). The number of amides is 2. The SMILES string of the molecule is Cc1cnc(CCNC(=O)N2CCOC(c3cccs3)C2)s1. The van der Waals surface area contributed by atoms with E-state index in [1.807, 2.05) is 29.5 Å². The van der Waals surface area contributed by atoms with Crippen LogP contribution in [0.3, 0.4) is 0 Å². The summed E-state index contributed by atoms with van der Waals surface area (Å²) in [5.74, 6) is 0. The second-order valence-corrected chi connectivity index (χ2v) is 7.47. The van der Waals surface area contributed by atoms with Gasteiger partial charge in [0.1, 0.15) is 6.10 Å². The predicted octanol–water partition coefficient (Wildman–Crippen LogP) is 2.84. The van der Waals surface area contributed by atoms with Gasteiger partial charge in [-0.3, -0.25) is 0 Å². The van der Waals surface area contributed by atoms with Crippen molar-refractivity contribution in [3.8, 4) is 0 Å². The number of nitrogens with one attached hydrogen (secondary N) is 1. The summed E-state index contributed by atoms with van der Waals surface area (Å²) in [5.41, 5.74) is 0. The van der Waals surface area contributed by atoms with E-state index in [9.17, 15) is 4.79 Å². The highest BCUT2D eigenvalue weighted by molar-refractivity contribution is 7.11. The van der Waals surface area contributed by atoms with Crippen molar-refractivity contribution in [2.75, 3.05) is 26.2 Å². The minimum absolute atomic E-state index is 0.00103. The van der Waals surface area contributed by atoms with Crippen LogP contribution in [0.4, 0.5) is 4.79 Å². The van der Waals surface area contributed by atoms with Crippen LogP contribution in [0.5, 0.6) is 0 Å². The van der Waals surface area contributed by atoms with Crippen LogP contribution in [0.15, 0.2) is 23.7 Å². The van der Waals surface area contributed by atoms with Crippen LogP contribution in [0.25, 0.3) is 0 Å². The van der Waals surface area contributed by atoms with Gasteiger partial charge in [-0.05, 0) is 18.4 Å². The molecule has 0 aromatic carbocycles. The fraction of sp³-hybridized carbons (Fsp3) is 0.467. The van der Waals surface area contributed by atoms with E-state index in [2.05, 4.69) is 16.4 Å². The molecule has 5 nitrogen and oxygen atoms in total. The first kappa shape index (κ1) is 15.5. The van der Waals surface area contributed by atoms with Gasteiger partial charge < -0.3 is 15.0 Å². The first-order valence-electron chi connectivity index (χ1n) is 7.31. The number of thiazole rings is 1. The first-order chi connectivity index (χ1) is 10.7. The summed E-state index contributed by atoms with van der Waals surface area (Å²) in [5, 5.41) is 6.08. The van der Waals surface area contributed by atoms with Gasteiger partial charge in [-0.25, -0.2) is 9.78 Å². The number of morpholine rings is 1. The van der Waals surface area contributed by atoms with Crippen LogP contribution in [0.2, 0.25) is 0 Å². The summed E-state index contributed by atoms with van der Waals surface area (Å²) >= 11 is 3.35. The van der Waals surface area contributed by atoms with E-state index in [-0.39, 0.29) is 12.1 Å². The second-order valence-electron chi connectivity index (χ2n) is 5.17. The molecule has 1 fully saturated rings. The highest BCUT2D eigenvalue weighted by atomic mass is 32.1. The van der Waals surface area contributed by atoms with Gasteiger partial charge in [0.15, 0.2) is 0 Å². The zero-order valence-electron chi connectivity index (χ0n) is 12.4. The molecule has 0 spiro atoms. The fourth-order valence-electron chi connectivity index (χ4n) is 2.39. The van der Waals surface area contributed by atoms with Crippen LogP contribution >= 0.6 is 22.7 Å². The number of hydrogen-bond acceptors (Lipinski definition) is 5. The Labute approximate surface area is 137 Å². The predicted molar refractivity (Wildman–Crippen MR) is 88.5 cm³/mol. The van der Waals surface area contributed by atoms with Crippen molar-refractivity contribution in [3.63, 3.8) is 0 Å². The summed E-state index contributed by atoms with van der Waals surface area (Å²) in [6.45, 7) is 4.50. The van der Waals surface area contributed by atoms with Gasteiger partial charge >= 0.3 is 6.03 Å². The van der Waals surface area contributed by atoms with Crippen molar-refractivity contribution < 1.29 is 9.53 Å². The Morgan fingerprint density at radius 2 is 2.50 bits per heavy atom. The summed E-state index contributed by atoms with van der Waals surface area (Å²) in [7, 11) is 0. The molecule has 0 radical (unpaired) electrons. The third-order valence-electron chi connectivity index (χ3n) is 3.50. The Hall–Kier alpha value is -1.44. The zero-order chi connectivity index (χ0) is 15.4. The quantitative estimate of drug-likeness (QED) is 0.933. The fourth-order valence-corrected chi connectivity index (χ4v) is 3.94. The number of ether oxygens (including phenoxy) is 1. The molecule has 2 amide bonds. The van der Waals surface area contributed by atoms with E-state index in [0.29, 0.717) is 26.2 Å². The molecule has 1 unspecified atom stereocenters. The van der Waals surface area contributed by atoms with Crippen molar-refractivity contribution >= 4 is 28.7 Å². The van der Waals surface area contributed by atoms with Gasteiger partial charge in [0.05, 0.1) is 18.2 Å². The molecule has 1 aliphatic rings. The molecule has 2 aromatic rings. The van der Waals surface area contributed by atoms with Crippen LogP contribution in [-0.4, -0.2) is 42.2 Å². The van der Waals surface area contributed by atoms with Crippen molar-refractivity contribution in [2.45, 2.75) is 19.4 Å². The number of thiophene rings is 1. The number of aryl methyl sites for hydroxylation is 1. The summed E-state index contributed by atoms with van der Waals surface area (Å²) in [6, 6.07) is 4.05. The molecule has 0 saturated carbocycles. The van der Waals surface area contributed by atoms with Crippen LogP contribution in [-0.2, 0) is 11.2 Å². The molecule has 118 valence electrons. The van der Waals surface area contributed by atoms with Crippen LogP contribution < -0.4 is 5.32 Å². The van der Waals surface area contributed by atoms with E-state index in [4.69, 9.17) is 4.74 Å². The average Bonchev–Trinajstić information content (AvgIpc) is 3.19. The standard InChI is InChI=1S/C15H19N3O2S2/c1-11-9-17-14(22-11)4-5-16-15(19)18-6-7-20-12(10-18)13-3-2-8-21-13/h2-3,8-9,12H,4-7,10H2,1H3,(H,16,19). The van der Waals surface area contributed by atoms with Gasteiger partial charge in [-0.2, -0.15) is 0 Å². The molecule has 1 N–H and O–H groups in total. The number of carbonyl (C=O) groups is 1.